The van der Waals surface area contributed by atoms with Crippen molar-refractivity contribution in [3.63, 3.8) is 0 Å². The van der Waals surface area contributed by atoms with E-state index in [9.17, 15) is 0 Å². The first kappa shape index (κ1) is 46.5. The van der Waals surface area contributed by atoms with Crippen molar-refractivity contribution in [2.45, 2.75) is 5.92 Å². The van der Waals surface area contributed by atoms with Crippen molar-refractivity contribution in [3.8, 4) is 17.1 Å². The number of nitrogens with zero attached hydrogens (tertiary/aromatic N) is 4. The van der Waals surface area contributed by atoms with Crippen LogP contribution in [0.1, 0.15) is 22.7 Å². The summed E-state index contributed by atoms with van der Waals surface area (Å²) in [6.07, 6.45) is 2.00. The van der Waals surface area contributed by atoms with Crippen LogP contribution in [-0.2, 0) is 27.5 Å². The maximum atomic E-state index is 5.57. The average molecular weight is 1080 g/mol. The minimum absolute atomic E-state index is 0. The first-order valence-electron chi connectivity index (χ1n) is 25.4. The Bertz CT molecular complexity index is 4140. The maximum Gasteiger partial charge on any atom is 2.00 e. The van der Waals surface area contributed by atoms with Gasteiger partial charge in [-0.15, -0.1) is 40.6 Å². The second-order valence-corrected chi connectivity index (χ2v) is 26.9. The van der Waals surface area contributed by atoms with E-state index in [1.807, 2.05) is 6.20 Å². The number of aryl methyl sites for hydroxylation is 1. The van der Waals surface area contributed by atoms with Crippen LogP contribution in [-0.4, -0.2) is 35.2 Å². The summed E-state index contributed by atoms with van der Waals surface area (Å²) >= 11 is 0. The van der Waals surface area contributed by atoms with Gasteiger partial charge in [-0.3, -0.25) is 9.97 Å². The molecule has 0 bridgehead atoms. The first-order valence-corrected chi connectivity index (χ1v) is 29.4. The zero-order valence-electron chi connectivity index (χ0n) is 41.1. The summed E-state index contributed by atoms with van der Waals surface area (Å²) in [5, 5.41) is 12.6. The van der Waals surface area contributed by atoms with Gasteiger partial charge in [0.2, 0.25) is 0 Å². The Morgan fingerprint density at radius 1 is 0.480 bits per heavy atom. The molecule has 0 saturated heterocycles. The summed E-state index contributed by atoms with van der Waals surface area (Å²) in [7, 11) is -4.19. The summed E-state index contributed by atoms with van der Waals surface area (Å²) < 4.78 is 4.65. The molecular weight excluding hydrogens is 1040 g/mol. The molecule has 4 nitrogen and oxygen atoms in total. The van der Waals surface area contributed by atoms with Gasteiger partial charge in [0.15, 0.2) is 8.07 Å². The summed E-state index contributed by atoms with van der Waals surface area (Å²) in [5.74, 6) is 0.634. The number of fused-ring (bicyclic) bond motifs is 6. The van der Waals surface area contributed by atoms with Gasteiger partial charge >= 0.3 is 20.4 Å². The van der Waals surface area contributed by atoms with Crippen molar-refractivity contribution < 1.29 is 20.4 Å². The first-order chi connectivity index (χ1) is 36.6. The molecule has 0 spiro atoms. The van der Waals surface area contributed by atoms with Crippen LogP contribution in [0.4, 0.5) is 0 Å². The number of pyridine rings is 1. The molecule has 1 unspecified atom stereocenters. The average Bonchev–Trinajstić information content (AvgIpc) is 4.12. The third kappa shape index (κ3) is 7.18. The molecule has 75 heavy (non-hydrogen) atoms. The van der Waals surface area contributed by atoms with Crippen LogP contribution in [0.25, 0.3) is 49.9 Å². The Kier molecular flexibility index (Phi) is 11.7. The standard InChI is InChI=1S/C68H48N4Si2.Pd/c1-71-62-41-20-18-39-60(62)70-68(71)49-25-22-37-56(45-49)73(51-28-9-3-10-29-51,52-30-11-4-12-31-52)55-36-21-24-48(44-55)66-59-46-63-58(57-38-17-19-40-61(57)72(63)50-26-7-2-8-27-50)47-65(59)74(53-32-13-5-14-33-53,54-34-15-6-16-35-54)64-42-23-43-69-67(64)66;/h2-43,46-47,66H,1H3;/q-2;+2. The van der Waals surface area contributed by atoms with Crippen molar-refractivity contribution in [1.82, 2.24) is 19.1 Å². The molecular formula is C68H48N4PdSi2. The van der Waals surface area contributed by atoms with E-state index in [4.69, 9.17) is 9.97 Å². The van der Waals surface area contributed by atoms with Crippen LogP contribution in [0, 0.1) is 12.1 Å². The number of benzene rings is 10. The molecule has 358 valence electrons. The van der Waals surface area contributed by atoms with Gasteiger partial charge in [0, 0.05) is 35.6 Å². The number of imidazole rings is 1. The monoisotopic (exact) mass is 1080 g/mol. The number of hydrogen-bond acceptors (Lipinski definition) is 2. The largest absolute Gasteiger partial charge is 2.00 e. The molecule has 0 amide bonds. The van der Waals surface area contributed by atoms with Crippen LogP contribution in [0.3, 0.4) is 0 Å². The van der Waals surface area contributed by atoms with Crippen LogP contribution < -0.4 is 41.5 Å². The SMILES string of the molecule is Cn1c(-c2[c-]c([Si](c3[c-]c(C4c5cc6c(cc5[Si](c5ccccc5)(c5ccccc5)c5cccnc54)c4ccccc4n6-c4ccccc4)ccc3)(c3ccccc3)c3ccccc3)ccc2)nc2ccccc21.[Pd+2]. The quantitative estimate of drug-likeness (QED) is 0.0821. The zero-order chi connectivity index (χ0) is 49.2. The Balaban J connectivity index is 0.00000541. The second kappa shape index (κ2) is 18.9. The molecule has 7 heteroatoms. The Labute approximate surface area is 453 Å². The number of hydrogen-bond donors (Lipinski definition) is 0. The van der Waals surface area contributed by atoms with Gasteiger partial charge in [-0.1, -0.05) is 182 Å². The summed E-state index contributed by atoms with van der Waals surface area (Å²) in [6, 6.07) is 105. The molecule has 0 N–H and O–H groups in total. The van der Waals surface area contributed by atoms with E-state index in [0.717, 1.165) is 49.7 Å². The van der Waals surface area contributed by atoms with Gasteiger partial charge < -0.3 is 9.13 Å². The summed E-state index contributed by atoms with van der Waals surface area (Å²) in [6.45, 7) is 0. The molecule has 10 aromatic carbocycles. The van der Waals surface area contributed by atoms with Gasteiger partial charge in [-0.25, -0.2) is 0 Å². The molecule has 0 aliphatic carbocycles. The molecule has 1 aliphatic heterocycles. The number of para-hydroxylation sites is 4. The van der Waals surface area contributed by atoms with E-state index in [1.165, 1.54) is 58.5 Å². The van der Waals surface area contributed by atoms with Crippen molar-refractivity contribution in [1.29, 1.82) is 0 Å². The van der Waals surface area contributed by atoms with E-state index in [0.29, 0.717) is 0 Å². The zero-order valence-corrected chi connectivity index (χ0v) is 44.6. The molecule has 1 atom stereocenters. The topological polar surface area (TPSA) is 35.6 Å². The van der Waals surface area contributed by atoms with Crippen molar-refractivity contribution in [2.75, 3.05) is 0 Å². The molecule has 0 fully saturated rings. The van der Waals surface area contributed by atoms with E-state index >= 15 is 0 Å². The van der Waals surface area contributed by atoms with Crippen molar-refractivity contribution >= 4 is 90.5 Å². The molecule has 0 radical (unpaired) electrons. The fourth-order valence-electron chi connectivity index (χ4n) is 12.6. The second-order valence-electron chi connectivity index (χ2n) is 19.5. The molecule has 14 rings (SSSR count). The van der Waals surface area contributed by atoms with Crippen molar-refractivity contribution in [3.05, 3.63) is 296 Å². The van der Waals surface area contributed by atoms with Gasteiger partial charge in [-0.05, 0) is 79.1 Å². The molecule has 1 aliphatic rings. The Morgan fingerprint density at radius 3 is 1.72 bits per heavy atom. The van der Waals surface area contributed by atoms with Crippen LogP contribution in [0.5, 0.6) is 0 Å². The van der Waals surface area contributed by atoms with E-state index < -0.39 is 16.1 Å². The Hall–Kier alpha value is -8.28. The van der Waals surface area contributed by atoms with Gasteiger partial charge in [0.25, 0.3) is 0 Å². The van der Waals surface area contributed by atoms with Gasteiger partial charge in [0.05, 0.1) is 33.6 Å². The van der Waals surface area contributed by atoms with E-state index in [-0.39, 0.29) is 26.3 Å². The fraction of sp³-hybridized carbons (Fsp3) is 0.0294. The van der Waals surface area contributed by atoms with Gasteiger partial charge in [0.1, 0.15) is 8.07 Å². The van der Waals surface area contributed by atoms with E-state index in [1.54, 1.807) is 0 Å². The van der Waals surface area contributed by atoms with Crippen LogP contribution in [0.2, 0.25) is 0 Å². The third-order valence-electron chi connectivity index (χ3n) is 15.7. The van der Waals surface area contributed by atoms with E-state index in [2.05, 4.69) is 289 Å². The van der Waals surface area contributed by atoms with Gasteiger partial charge in [-0.2, -0.15) is 29.5 Å². The predicted octanol–water partition coefficient (Wildman–Crippen LogP) is 9.58. The third-order valence-corrected chi connectivity index (χ3v) is 25.1. The maximum absolute atomic E-state index is 5.57. The molecule has 0 saturated carbocycles. The molecule has 4 heterocycles. The van der Waals surface area contributed by atoms with Crippen LogP contribution >= 0.6 is 0 Å². The minimum atomic E-state index is -3.22. The van der Waals surface area contributed by atoms with Crippen LogP contribution in [0.15, 0.2) is 267 Å². The molecule has 13 aromatic rings. The normalized spacial score (nSPS) is 13.8. The Morgan fingerprint density at radius 2 is 1.05 bits per heavy atom. The molecule has 3 aromatic heterocycles. The predicted molar refractivity (Wildman–Crippen MR) is 311 cm³/mol. The minimum Gasteiger partial charge on any atom is -0.367 e. The fourth-order valence-corrected chi connectivity index (χ4v) is 22.4. The summed E-state index contributed by atoms with van der Waals surface area (Å²) in [4.78, 5) is 10.8. The number of rotatable bonds is 9. The smallest absolute Gasteiger partial charge is 0.367 e. The summed E-state index contributed by atoms with van der Waals surface area (Å²) in [5.41, 5.74) is 9.93. The van der Waals surface area contributed by atoms with Crippen molar-refractivity contribution in [2.24, 2.45) is 7.05 Å². The number of aromatic nitrogens is 4.